The third-order valence-electron chi connectivity index (χ3n) is 2.53. The Labute approximate surface area is 102 Å². The molecule has 17 heavy (non-hydrogen) atoms. The van der Waals surface area contributed by atoms with E-state index < -0.39 is 0 Å². The van der Waals surface area contributed by atoms with Crippen LogP contribution in [-0.4, -0.2) is 20.3 Å². The average Bonchev–Trinajstić information content (AvgIpc) is 2.34. The second kappa shape index (κ2) is 7.53. The molecular weight excluding hydrogens is 214 g/mol. The molecule has 0 aliphatic rings. The van der Waals surface area contributed by atoms with Crippen LogP contribution < -0.4 is 11.1 Å². The van der Waals surface area contributed by atoms with Gasteiger partial charge in [-0.15, -0.1) is 0 Å². The molecule has 0 unspecified atom stereocenters. The maximum atomic E-state index is 8.74. The summed E-state index contributed by atoms with van der Waals surface area (Å²) in [6, 6.07) is 7.46. The van der Waals surface area contributed by atoms with Crippen molar-refractivity contribution in [3.8, 4) is 6.07 Å². The van der Waals surface area contributed by atoms with E-state index in [9.17, 15) is 0 Å². The molecule has 1 aromatic carbocycles. The fraction of sp³-hybridized carbons (Fsp3) is 0.462. The topological polar surface area (TPSA) is 71.1 Å². The van der Waals surface area contributed by atoms with Crippen LogP contribution in [0.15, 0.2) is 18.2 Å². The summed E-state index contributed by atoms with van der Waals surface area (Å²) in [4.78, 5) is 0. The summed E-state index contributed by atoms with van der Waals surface area (Å²) in [6.07, 6.45) is 3.34. The highest BCUT2D eigenvalue weighted by Gasteiger charge is 1.99. The van der Waals surface area contributed by atoms with Crippen LogP contribution in [0.25, 0.3) is 0 Å². The van der Waals surface area contributed by atoms with Gasteiger partial charge in [0.25, 0.3) is 0 Å². The van der Waals surface area contributed by atoms with Crippen LogP contribution in [0.5, 0.6) is 0 Å². The normalized spacial score (nSPS) is 9.88. The largest absolute Gasteiger partial charge is 0.398 e. The summed E-state index contributed by atoms with van der Waals surface area (Å²) in [5.41, 5.74) is 7.74. The molecule has 0 aromatic heterocycles. The van der Waals surface area contributed by atoms with Crippen LogP contribution in [0.2, 0.25) is 0 Å². The zero-order valence-corrected chi connectivity index (χ0v) is 10.2. The first kappa shape index (κ1) is 13.3. The maximum absolute atomic E-state index is 8.74. The van der Waals surface area contributed by atoms with Crippen molar-refractivity contribution in [2.45, 2.75) is 19.3 Å². The molecule has 0 aliphatic heterocycles. The molecular formula is C13H19N3O. The summed E-state index contributed by atoms with van der Waals surface area (Å²) in [5, 5.41) is 12.0. The SMILES string of the molecule is COCCCCCNc1ccc(C#N)c(N)c1. The molecule has 0 radical (unpaired) electrons. The van der Waals surface area contributed by atoms with Gasteiger partial charge in [0.15, 0.2) is 0 Å². The molecule has 92 valence electrons. The molecule has 0 saturated heterocycles. The highest BCUT2D eigenvalue weighted by Crippen LogP contribution is 2.17. The van der Waals surface area contributed by atoms with E-state index in [0.29, 0.717) is 11.3 Å². The molecule has 0 heterocycles. The van der Waals surface area contributed by atoms with Gasteiger partial charge in [-0.3, -0.25) is 0 Å². The van der Waals surface area contributed by atoms with E-state index in [1.165, 1.54) is 0 Å². The number of ether oxygens (including phenoxy) is 1. The zero-order valence-electron chi connectivity index (χ0n) is 10.2. The zero-order chi connectivity index (χ0) is 12.5. The van der Waals surface area contributed by atoms with E-state index in [1.807, 2.05) is 12.1 Å². The molecule has 3 N–H and O–H groups in total. The molecule has 4 nitrogen and oxygen atoms in total. The number of methoxy groups -OCH3 is 1. The average molecular weight is 233 g/mol. The van der Waals surface area contributed by atoms with Gasteiger partial charge >= 0.3 is 0 Å². The van der Waals surface area contributed by atoms with E-state index in [1.54, 1.807) is 19.2 Å². The summed E-state index contributed by atoms with van der Waals surface area (Å²) in [7, 11) is 1.72. The quantitative estimate of drug-likeness (QED) is 0.560. The number of nitrogens with one attached hydrogen (secondary N) is 1. The molecule has 1 rings (SSSR count). The van der Waals surface area contributed by atoms with Crippen LogP contribution in [-0.2, 0) is 4.74 Å². The highest BCUT2D eigenvalue weighted by molar-refractivity contribution is 5.62. The van der Waals surface area contributed by atoms with Crippen molar-refractivity contribution in [3.05, 3.63) is 23.8 Å². The number of hydrogen-bond donors (Lipinski definition) is 2. The lowest BCUT2D eigenvalue weighted by Crippen LogP contribution is -2.03. The molecule has 1 aromatic rings. The number of nitriles is 1. The fourth-order valence-corrected chi connectivity index (χ4v) is 1.56. The Balaban J connectivity index is 2.28. The van der Waals surface area contributed by atoms with Crippen LogP contribution in [0.1, 0.15) is 24.8 Å². The van der Waals surface area contributed by atoms with E-state index in [-0.39, 0.29) is 0 Å². The Bertz CT molecular complexity index is 385. The van der Waals surface area contributed by atoms with Gasteiger partial charge in [-0.25, -0.2) is 0 Å². The van der Waals surface area contributed by atoms with Gasteiger partial charge < -0.3 is 15.8 Å². The Morgan fingerprint density at radius 3 is 2.82 bits per heavy atom. The summed E-state index contributed by atoms with van der Waals surface area (Å²) in [6.45, 7) is 1.73. The van der Waals surface area contributed by atoms with E-state index in [0.717, 1.165) is 38.1 Å². The van der Waals surface area contributed by atoms with E-state index in [4.69, 9.17) is 15.7 Å². The summed E-state index contributed by atoms with van der Waals surface area (Å²) < 4.78 is 4.98. The second-order valence-electron chi connectivity index (χ2n) is 3.89. The molecule has 0 saturated carbocycles. The minimum absolute atomic E-state index is 0.524. The summed E-state index contributed by atoms with van der Waals surface area (Å²) >= 11 is 0. The maximum Gasteiger partial charge on any atom is 0.101 e. The van der Waals surface area contributed by atoms with Gasteiger partial charge in [0, 0.05) is 25.9 Å². The van der Waals surface area contributed by atoms with Gasteiger partial charge in [-0.2, -0.15) is 5.26 Å². The van der Waals surface area contributed by atoms with Gasteiger partial charge in [0.2, 0.25) is 0 Å². The number of nitrogen functional groups attached to an aromatic ring is 1. The summed E-state index contributed by atoms with van der Waals surface area (Å²) in [5.74, 6) is 0. The van der Waals surface area contributed by atoms with Gasteiger partial charge in [0.05, 0.1) is 11.3 Å². The minimum Gasteiger partial charge on any atom is -0.398 e. The Morgan fingerprint density at radius 1 is 1.35 bits per heavy atom. The number of anilines is 2. The Hall–Kier alpha value is -1.73. The predicted molar refractivity (Wildman–Crippen MR) is 69.8 cm³/mol. The molecule has 0 fully saturated rings. The molecule has 0 bridgehead atoms. The number of rotatable bonds is 7. The van der Waals surface area contributed by atoms with Crippen molar-refractivity contribution < 1.29 is 4.74 Å². The van der Waals surface area contributed by atoms with Crippen LogP contribution in [0.4, 0.5) is 11.4 Å². The molecule has 4 heteroatoms. The third kappa shape index (κ3) is 4.75. The van der Waals surface area contributed by atoms with Gasteiger partial charge in [0.1, 0.15) is 6.07 Å². The number of hydrogen-bond acceptors (Lipinski definition) is 4. The van der Waals surface area contributed by atoms with Crippen molar-refractivity contribution in [2.24, 2.45) is 0 Å². The first-order valence-corrected chi connectivity index (χ1v) is 5.80. The predicted octanol–water partition coefficient (Wildman–Crippen LogP) is 2.37. The number of nitrogens with two attached hydrogens (primary N) is 1. The van der Waals surface area contributed by atoms with Crippen molar-refractivity contribution in [3.63, 3.8) is 0 Å². The van der Waals surface area contributed by atoms with Crippen molar-refractivity contribution in [1.29, 1.82) is 5.26 Å². The highest BCUT2D eigenvalue weighted by atomic mass is 16.5. The lowest BCUT2D eigenvalue weighted by Gasteiger charge is -2.07. The number of benzene rings is 1. The molecule has 0 aliphatic carbocycles. The lowest BCUT2D eigenvalue weighted by molar-refractivity contribution is 0.192. The fourth-order valence-electron chi connectivity index (χ4n) is 1.56. The van der Waals surface area contributed by atoms with Crippen LogP contribution >= 0.6 is 0 Å². The number of nitrogens with zero attached hydrogens (tertiary/aromatic N) is 1. The minimum atomic E-state index is 0.524. The van der Waals surface area contributed by atoms with Crippen molar-refractivity contribution >= 4 is 11.4 Å². The number of unbranched alkanes of at least 4 members (excludes halogenated alkanes) is 2. The smallest absolute Gasteiger partial charge is 0.101 e. The molecule has 0 amide bonds. The van der Waals surface area contributed by atoms with Crippen LogP contribution in [0.3, 0.4) is 0 Å². The Morgan fingerprint density at radius 2 is 2.18 bits per heavy atom. The first-order chi connectivity index (χ1) is 8.27. The van der Waals surface area contributed by atoms with Crippen molar-refractivity contribution in [1.82, 2.24) is 0 Å². The van der Waals surface area contributed by atoms with Gasteiger partial charge in [-0.1, -0.05) is 0 Å². The standard InChI is InChI=1S/C13H19N3O/c1-17-8-4-2-3-7-16-12-6-5-11(10-14)13(15)9-12/h5-6,9,16H,2-4,7-8,15H2,1H3. The molecule has 0 atom stereocenters. The van der Waals surface area contributed by atoms with Crippen LogP contribution in [0, 0.1) is 11.3 Å². The molecule has 0 spiro atoms. The first-order valence-electron chi connectivity index (χ1n) is 5.80. The second-order valence-corrected chi connectivity index (χ2v) is 3.89. The van der Waals surface area contributed by atoms with E-state index in [2.05, 4.69) is 5.32 Å². The lowest BCUT2D eigenvalue weighted by atomic mass is 10.1. The van der Waals surface area contributed by atoms with E-state index >= 15 is 0 Å². The van der Waals surface area contributed by atoms with Crippen molar-refractivity contribution in [2.75, 3.05) is 31.3 Å². The van der Waals surface area contributed by atoms with Gasteiger partial charge in [-0.05, 0) is 37.5 Å². The monoisotopic (exact) mass is 233 g/mol. The third-order valence-corrected chi connectivity index (χ3v) is 2.53. The Kier molecular flexibility index (Phi) is 5.91.